The summed E-state index contributed by atoms with van der Waals surface area (Å²) in [6, 6.07) is 31.6. The molecule has 4 aromatic carbocycles. The lowest BCUT2D eigenvalue weighted by atomic mass is 10.1. The van der Waals surface area contributed by atoms with Crippen molar-refractivity contribution in [1.29, 1.82) is 0 Å². The Kier molecular flexibility index (Phi) is 7.70. The van der Waals surface area contributed by atoms with Crippen LogP contribution >= 0.6 is 0 Å². The maximum atomic E-state index is 13.0. The molecule has 1 amide bonds. The number of benzene rings is 4. The summed E-state index contributed by atoms with van der Waals surface area (Å²) in [7, 11) is -2.53. The van der Waals surface area contributed by atoms with E-state index in [1.54, 1.807) is 28.9 Å². The number of rotatable bonds is 9. The summed E-state index contributed by atoms with van der Waals surface area (Å²) in [6.45, 7) is 0. The van der Waals surface area contributed by atoms with Gasteiger partial charge in [-0.3, -0.25) is 9.52 Å². The van der Waals surface area contributed by atoms with Crippen molar-refractivity contribution in [3.05, 3.63) is 127 Å². The zero-order chi connectivity index (χ0) is 28.0. The number of hydrazone groups is 1. The number of hydrogen-bond acceptors (Lipinski definition) is 6. The third-order valence-electron chi connectivity index (χ3n) is 5.94. The largest absolute Gasteiger partial charge is 0.495 e. The maximum absolute atomic E-state index is 13.0. The van der Waals surface area contributed by atoms with E-state index in [4.69, 9.17) is 9.84 Å². The van der Waals surface area contributed by atoms with E-state index in [0.717, 1.165) is 11.3 Å². The van der Waals surface area contributed by atoms with Gasteiger partial charge in [0.05, 0.1) is 29.6 Å². The van der Waals surface area contributed by atoms with E-state index < -0.39 is 15.9 Å². The van der Waals surface area contributed by atoms with Gasteiger partial charge >= 0.3 is 0 Å². The molecule has 0 aliphatic rings. The Labute approximate surface area is 231 Å². The summed E-state index contributed by atoms with van der Waals surface area (Å²) in [6.07, 6.45) is 3.33. The van der Waals surface area contributed by atoms with Crippen LogP contribution in [0.4, 0.5) is 5.69 Å². The topological polar surface area (TPSA) is 115 Å². The third-order valence-corrected chi connectivity index (χ3v) is 7.30. The third kappa shape index (κ3) is 5.92. The van der Waals surface area contributed by atoms with E-state index in [1.807, 2.05) is 66.9 Å². The number of para-hydroxylation sites is 3. The molecule has 0 spiro atoms. The second-order valence-corrected chi connectivity index (χ2v) is 10.3. The molecule has 1 heterocycles. The van der Waals surface area contributed by atoms with Crippen LogP contribution in [0.2, 0.25) is 0 Å². The minimum Gasteiger partial charge on any atom is -0.495 e. The molecule has 10 heteroatoms. The van der Waals surface area contributed by atoms with E-state index in [2.05, 4.69) is 15.2 Å². The molecule has 40 heavy (non-hydrogen) atoms. The van der Waals surface area contributed by atoms with Gasteiger partial charge < -0.3 is 4.74 Å². The molecule has 0 aliphatic heterocycles. The van der Waals surface area contributed by atoms with Crippen LogP contribution in [-0.2, 0) is 10.0 Å². The fourth-order valence-electron chi connectivity index (χ4n) is 3.98. The summed E-state index contributed by atoms with van der Waals surface area (Å²) in [5, 5.41) is 8.86. The molecule has 2 N–H and O–H groups in total. The fourth-order valence-corrected chi connectivity index (χ4v) is 5.09. The van der Waals surface area contributed by atoms with Crippen molar-refractivity contribution < 1.29 is 17.9 Å². The SMILES string of the molecule is COc1ccccc1NS(=O)(=O)c1cccc(C(=O)NN=Cc2cn(-c3ccccc3)nc2-c2ccccc2)c1. The van der Waals surface area contributed by atoms with E-state index >= 15 is 0 Å². The smallest absolute Gasteiger partial charge is 0.271 e. The first-order valence-electron chi connectivity index (χ1n) is 12.2. The van der Waals surface area contributed by atoms with Crippen molar-refractivity contribution >= 4 is 27.8 Å². The van der Waals surface area contributed by atoms with Crippen LogP contribution < -0.4 is 14.9 Å². The van der Waals surface area contributed by atoms with Gasteiger partial charge in [0.15, 0.2) is 0 Å². The van der Waals surface area contributed by atoms with Gasteiger partial charge in [-0.05, 0) is 42.5 Å². The number of aromatic nitrogens is 2. The maximum Gasteiger partial charge on any atom is 0.271 e. The Morgan fingerprint density at radius 3 is 2.35 bits per heavy atom. The average Bonchev–Trinajstić information content (AvgIpc) is 3.42. The van der Waals surface area contributed by atoms with Crippen molar-refractivity contribution in [2.45, 2.75) is 4.90 Å². The van der Waals surface area contributed by atoms with Crippen LogP contribution in [0.5, 0.6) is 5.75 Å². The first kappa shape index (κ1) is 26.4. The number of nitrogens with one attached hydrogen (secondary N) is 2. The van der Waals surface area contributed by atoms with Crippen molar-refractivity contribution in [3.63, 3.8) is 0 Å². The Bertz CT molecular complexity index is 1770. The number of carbonyl (C=O) groups excluding carboxylic acids is 1. The minimum absolute atomic E-state index is 0.0782. The Morgan fingerprint density at radius 2 is 1.60 bits per heavy atom. The van der Waals surface area contributed by atoms with E-state index in [1.165, 1.54) is 37.6 Å². The van der Waals surface area contributed by atoms with Gasteiger partial charge in [0.1, 0.15) is 11.4 Å². The Morgan fingerprint density at radius 1 is 0.900 bits per heavy atom. The summed E-state index contributed by atoms with van der Waals surface area (Å²) in [5.74, 6) is -0.193. The quantitative estimate of drug-likeness (QED) is 0.195. The minimum atomic E-state index is -3.98. The molecule has 0 atom stereocenters. The lowest BCUT2D eigenvalue weighted by Crippen LogP contribution is -2.19. The number of carbonyl (C=O) groups is 1. The summed E-state index contributed by atoms with van der Waals surface area (Å²) in [4.78, 5) is 12.8. The standard InChI is InChI=1S/C30H25N5O4S/c1-39-28-18-9-8-17-27(28)34-40(37,38)26-16-10-13-23(19-26)30(36)32-31-20-24-21-35(25-14-6-3-7-15-25)33-29(24)22-11-4-2-5-12-22/h2-21,34H,1H3,(H,32,36). The number of methoxy groups -OCH3 is 1. The number of nitrogens with zero attached hydrogens (tertiary/aromatic N) is 3. The monoisotopic (exact) mass is 551 g/mol. The predicted octanol–water partition coefficient (Wildman–Crippen LogP) is 5.11. The molecule has 9 nitrogen and oxygen atoms in total. The molecular formula is C30H25N5O4S. The van der Waals surface area contributed by atoms with Gasteiger partial charge in [-0.15, -0.1) is 0 Å². The number of hydrogen-bond donors (Lipinski definition) is 2. The van der Waals surface area contributed by atoms with Crippen LogP contribution in [0.1, 0.15) is 15.9 Å². The lowest BCUT2D eigenvalue weighted by molar-refractivity contribution is 0.0955. The molecule has 0 saturated carbocycles. The summed E-state index contributed by atoms with van der Waals surface area (Å²) < 4.78 is 35.5. The normalized spacial score (nSPS) is 11.3. The molecule has 0 fully saturated rings. The van der Waals surface area contributed by atoms with E-state index in [0.29, 0.717) is 17.0 Å². The highest BCUT2D eigenvalue weighted by atomic mass is 32.2. The van der Waals surface area contributed by atoms with Gasteiger partial charge in [0.2, 0.25) is 0 Å². The second-order valence-electron chi connectivity index (χ2n) is 8.61. The number of sulfonamides is 1. The average molecular weight is 552 g/mol. The number of amides is 1. The molecule has 5 rings (SSSR count). The first-order valence-corrected chi connectivity index (χ1v) is 13.7. The number of anilines is 1. The van der Waals surface area contributed by atoms with Crippen LogP contribution in [-0.4, -0.2) is 37.4 Å². The van der Waals surface area contributed by atoms with Gasteiger partial charge in [-0.25, -0.2) is 18.5 Å². The molecular weight excluding hydrogens is 526 g/mol. The van der Waals surface area contributed by atoms with E-state index in [9.17, 15) is 13.2 Å². The Balaban J connectivity index is 1.36. The lowest BCUT2D eigenvalue weighted by Gasteiger charge is -2.12. The van der Waals surface area contributed by atoms with Crippen LogP contribution in [0, 0.1) is 0 Å². The molecule has 0 aliphatic carbocycles. The van der Waals surface area contributed by atoms with Gasteiger partial charge in [0.25, 0.3) is 15.9 Å². The highest BCUT2D eigenvalue weighted by Gasteiger charge is 2.18. The fraction of sp³-hybridized carbons (Fsp3) is 0.0333. The van der Waals surface area contributed by atoms with Crippen molar-refractivity contribution in [3.8, 4) is 22.7 Å². The first-order chi connectivity index (χ1) is 19.4. The summed E-state index contributed by atoms with van der Waals surface area (Å²) >= 11 is 0. The predicted molar refractivity (Wildman–Crippen MR) is 154 cm³/mol. The number of ether oxygens (including phenoxy) is 1. The zero-order valence-corrected chi connectivity index (χ0v) is 22.2. The molecule has 5 aromatic rings. The molecule has 0 radical (unpaired) electrons. The highest BCUT2D eigenvalue weighted by Crippen LogP contribution is 2.26. The molecule has 200 valence electrons. The van der Waals surface area contributed by atoms with Crippen molar-refractivity contribution in [1.82, 2.24) is 15.2 Å². The van der Waals surface area contributed by atoms with Crippen LogP contribution in [0.15, 0.2) is 125 Å². The molecule has 1 aromatic heterocycles. The zero-order valence-electron chi connectivity index (χ0n) is 21.4. The highest BCUT2D eigenvalue weighted by molar-refractivity contribution is 7.92. The van der Waals surface area contributed by atoms with Crippen molar-refractivity contribution in [2.75, 3.05) is 11.8 Å². The van der Waals surface area contributed by atoms with Crippen LogP contribution in [0.25, 0.3) is 16.9 Å². The van der Waals surface area contributed by atoms with E-state index in [-0.39, 0.29) is 16.1 Å². The van der Waals surface area contributed by atoms with Gasteiger partial charge in [-0.1, -0.05) is 66.7 Å². The van der Waals surface area contributed by atoms with Gasteiger partial charge in [0, 0.05) is 22.9 Å². The molecule has 0 unspecified atom stereocenters. The Hall–Kier alpha value is -5.22. The van der Waals surface area contributed by atoms with Crippen LogP contribution in [0.3, 0.4) is 0 Å². The summed E-state index contributed by atoms with van der Waals surface area (Å²) in [5.41, 5.74) is 6.05. The second kappa shape index (κ2) is 11.7. The molecule has 0 bridgehead atoms. The molecule has 0 saturated heterocycles. The van der Waals surface area contributed by atoms with Crippen molar-refractivity contribution in [2.24, 2.45) is 5.10 Å². The van der Waals surface area contributed by atoms with Gasteiger partial charge in [-0.2, -0.15) is 10.2 Å².